The van der Waals surface area contributed by atoms with Crippen LogP contribution in [0.5, 0.6) is 0 Å². The van der Waals surface area contributed by atoms with Gasteiger partial charge in [0.2, 0.25) is 0 Å². The van der Waals surface area contributed by atoms with Gasteiger partial charge in [0.25, 0.3) is 0 Å². The van der Waals surface area contributed by atoms with E-state index >= 15 is 0 Å². The van der Waals surface area contributed by atoms with E-state index in [-0.39, 0.29) is 29.8 Å². The normalized spacial score (nSPS) is 15.2. The molecule has 28 heavy (non-hydrogen) atoms. The third kappa shape index (κ3) is 9.65. The summed E-state index contributed by atoms with van der Waals surface area (Å²) in [6.07, 6.45) is 4.51. The molecule has 0 bridgehead atoms. The Hall–Kier alpha value is -0.740. The molecule has 1 fully saturated rings. The highest BCUT2D eigenvalue weighted by Gasteiger charge is 2.16. The van der Waals surface area contributed by atoms with Gasteiger partial charge in [0.15, 0.2) is 5.96 Å². The Morgan fingerprint density at radius 2 is 1.82 bits per heavy atom. The van der Waals surface area contributed by atoms with E-state index in [9.17, 15) is 4.39 Å². The van der Waals surface area contributed by atoms with E-state index in [1.165, 1.54) is 24.3 Å². The molecule has 0 unspecified atom stereocenters. The van der Waals surface area contributed by atoms with Crippen LogP contribution >= 0.6 is 35.7 Å². The Bertz CT molecular complexity index is 550. The van der Waals surface area contributed by atoms with Gasteiger partial charge in [-0.1, -0.05) is 0 Å². The van der Waals surface area contributed by atoms with E-state index in [1.54, 1.807) is 0 Å². The maximum absolute atomic E-state index is 13.1. The van der Waals surface area contributed by atoms with Crippen molar-refractivity contribution in [1.82, 2.24) is 15.5 Å². The molecule has 2 N–H and O–H groups in total. The van der Waals surface area contributed by atoms with Gasteiger partial charge in [0, 0.05) is 58.0 Å². The number of anilines is 1. The first-order chi connectivity index (χ1) is 13.2. The van der Waals surface area contributed by atoms with Crippen LogP contribution in [0.15, 0.2) is 29.3 Å². The van der Waals surface area contributed by atoms with Crippen LogP contribution in [-0.4, -0.2) is 75.2 Å². The molecule has 8 heteroatoms. The number of rotatable bonds is 10. The number of nitrogens with zero attached hydrogens (tertiary/aromatic N) is 3. The minimum absolute atomic E-state index is 0. The Morgan fingerprint density at radius 3 is 2.46 bits per heavy atom. The second kappa shape index (κ2) is 15.1. The second-order valence-corrected chi connectivity index (χ2v) is 7.68. The van der Waals surface area contributed by atoms with Crippen LogP contribution in [0.4, 0.5) is 10.1 Å². The van der Waals surface area contributed by atoms with Gasteiger partial charge >= 0.3 is 0 Å². The van der Waals surface area contributed by atoms with E-state index in [0.29, 0.717) is 0 Å². The molecule has 2 rings (SSSR count). The highest BCUT2D eigenvalue weighted by Crippen LogP contribution is 2.16. The lowest BCUT2D eigenvalue weighted by Crippen LogP contribution is -2.49. The number of benzene rings is 1. The lowest BCUT2D eigenvalue weighted by Gasteiger charge is -2.36. The largest absolute Gasteiger partial charge is 0.369 e. The highest BCUT2D eigenvalue weighted by molar-refractivity contribution is 14.0. The number of aliphatic imine (C=N–C) groups is 1. The second-order valence-electron chi connectivity index (χ2n) is 6.69. The summed E-state index contributed by atoms with van der Waals surface area (Å²) in [6, 6.07) is 6.80. The maximum Gasteiger partial charge on any atom is 0.191 e. The summed E-state index contributed by atoms with van der Waals surface area (Å²) in [6.45, 7) is 9.79. The van der Waals surface area contributed by atoms with Gasteiger partial charge in [0.05, 0.1) is 0 Å². The van der Waals surface area contributed by atoms with E-state index in [0.717, 1.165) is 70.4 Å². The lowest BCUT2D eigenvalue weighted by molar-refractivity contribution is 0.261. The number of thioether (sulfide) groups is 1. The van der Waals surface area contributed by atoms with Crippen molar-refractivity contribution < 1.29 is 4.39 Å². The number of guanidine groups is 1. The van der Waals surface area contributed by atoms with Crippen LogP contribution in [0.25, 0.3) is 0 Å². The van der Waals surface area contributed by atoms with Crippen molar-refractivity contribution in [1.29, 1.82) is 0 Å². The number of halogens is 2. The molecule has 1 aromatic carbocycles. The molecule has 160 valence electrons. The van der Waals surface area contributed by atoms with Crippen LogP contribution in [0.1, 0.15) is 19.8 Å². The molecule has 1 heterocycles. The molecule has 1 saturated heterocycles. The first-order valence-electron chi connectivity index (χ1n) is 9.97. The van der Waals surface area contributed by atoms with Crippen LogP contribution in [0, 0.1) is 5.82 Å². The van der Waals surface area contributed by atoms with Crippen LogP contribution in [0.2, 0.25) is 0 Å². The fraction of sp³-hybridized carbons (Fsp3) is 0.650. The summed E-state index contributed by atoms with van der Waals surface area (Å²) in [5, 5.41) is 6.77. The van der Waals surface area contributed by atoms with E-state index in [1.807, 2.05) is 23.9 Å². The van der Waals surface area contributed by atoms with Crippen molar-refractivity contribution >= 4 is 47.4 Å². The summed E-state index contributed by atoms with van der Waals surface area (Å²) in [5.41, 5.74) is 1.11. The van der Waals surface area contributed by atoms with Gasteiger partial charge < -0.3 is 15.5 Å². The minimum Gasteiger partial charge on any atom is -0.369 e. The van der Waals surface area contributed by atoms with Gasteiger partial charge in [-0.25, -0.2) is 4.39 Å². The molecular weight excluding hydrogens is 488 g/mol. The maximum atomic E-state index is 13.1. The van der Waals surface area contributed by atoms with Crippen molar-refractivity contribution in [3.05, 3.63) is 30.1 Å². The zero-order valence-electron chi connectivity index (χ0n) is 17.1. The Labute approximate surface area is 190 Å². The fourth-order valence-electron chi connectivity index (χ4n) is 3.10. The van der Waals surface area contributed by atoms with Gasteiger partial charge in [-0.3, -0.25) is 9.89 Å². The van der Waals surface area contributed by atoms with Crippen molar-refractivity contribution in [2.45, 2.75) is 19.8 Å². The first kappa shape index (κ1) is 25.3. The topological polar surface area (TPSA) is 42.9 Å². The Kier molecular flexibility index (Phi) is 13.7. The third-order valence-electron chi connectivity index (χ3n) is 4.66. The highest BCUT2D eigenvalue weighted by atomic mass is 127. The number of hydrogen-bond acceptors (Lipinski definition) is 4. The van der Waals surface area contributed by atoms with Crippen molar-refractivity contribution in [3.8, 4) is 0 Å². The quantitative estimate of drug-likeness (QED) is 0.213. The van der Waals surface area contributed by atoms with E-state index < -0.39 is 0 Å². The molecule has 0 aliphatic carbocycles. The molecule has 1 aliphatic rings. The van der Waals surface area contributed by atoms with Crippen molar-refractivity contribution in [2.75, 3.05) is 69.3 Å². The summed E-state index contributed by atoms with van der Waals surface area (Å²) >= 11 is 1.89. The fourth-order valence-corrected chi connectivity index (χ4v) is 3.60. The first-order valence-corrected chi connectivity index (χ1v) is 11.4. The van der Waals surface area contributed by atoms with Crippen LogP contribution in [0.3, 0.4) is 0 Å². The summed E-state index contributed by atoms with van der Waals surface area (Å²) in [5.74, 6) is 1.96. The van der Waals surface area contributed by atoms with Gasteiger partial charge in [-0.2, -0.15) is 11.8 Å². The van der Waals surface area contributed by atoms with Crippen molar-refractivity contribution in [2.24, 2.45) is 4.99 Å². The lowest BCUT2D eigenvalue weighted by atomic mass is 10.2. The molecule has 0 atom stereocenters. The molecular formula is C20H35FIN5S. The van der Waals surface area contributed by atoms with Gasteiger partial charge in [-0.05, 0) is 56.0 Å². The smallest absolute Gasteiger partial charge is 0.191 e. The Morgan fingerprint density at radius 1 is 1.11 bits per heavy atom. The average Bonchev–Trinajstić information content (AvgIpc) is 2.69. The van der Waals surface area contributed by atoms with Crippen LogP contribution < -0.4 is 15.5 Å². The standard InChI is InChI=1S/C20H34FN5S.HI/c1-3-22-20(23-10-4-5-17-27-2)24-11-12-25-13-15-26(16-14-25)19-8-6-18(21)7-9-19;/h6-9H,3-5,10-17H2,1-2H3,(H2,22,23,24);1H. The summed E-state index contributed by atoms with van der Waals surface area (Å²) in [4.78, 5) is 9.44. The average molecular weight is 524 g/mol. The summed E-state index contributed by atoms with van der Waals surface area (Å²) < 4.78 is 13.1. The predicted molar refractivity (Wildman–Crippen MR) is 132 cm³/mol. The van der Waals surface area contributed by atoms with Crippen LogP contribution in [-0.2, 0) is 0 Å². The number of unbranched alkanes of at least 4 members (excludes halogenated alkanes) is 1. The minimum atomic E-state index is -0.175. The molecule has 0 spiro atoms. The number of nitrogens with one attached hydrogen (secondary N) is 2. The van der Waals surface area contributed by atoms with Gasteiger partial charge in [-0.15, -0.1) is 24.0 Å². The number of piperazine rings is 1. The molecule has 0 amide bonds. The number of hydrogen-bond donors (Lipinski definition) is 2. The Balaban J connectivity index is 0.00000392. The van der Waals surface area contributed by atoms with Gasteiger partial charge in [0.1, 0.15) is 5.82 Å². The zero-order valence-corrected chi connectivity index (χ0v) is 20.3. The van der Waals surface area contributed by atoms with Crippen molar-refractivity contribution in [3.63, 3.8) is 0 Å². The van der Waals surface area contributed by atoms with E-state index in [2.05, 4.69) is 38.6 Å². The zero-order chi connectivity index (χ0) is 19.3. The molecule has 5 nitrogen and oxygen atoms in total. The summed E-state index contributed by atoms with van der Waals surface area (Å²) in [7, 11) is 0. The van der Waals surface area contributed by atoms with E-state index in [4.69, 9.17) is 0 Å². The molecule has 0 radical (unpaired) electrons. The SMILES string of the molecule is CCNC(=NCCCCSC)NCCN1CCN(c2ccc(F)cc2)CC1.I. The molecule has 0 aromatic heterocycles. The third-order valence-corrected chi connectivity index (χ3v) is 5.35. The molecule has 1 aliphatic heterocycles. The molecule has 0 saturated carbocycles. The predicted octanol–water partition coefficient (Wildman–Crippen LogP) is 3.26. The molecule has 1 aromatic rings. The monoisotopic (exact) mass is 523 g/mol.